The zero-order chi connectivity index (χ0) is 15.0. The van der Waals surface area contributed by atoms with Crippen LogP contribution in [0, 0.1) is 0 Å². The van der Waals surface area contributed by atoms with Crippen molar-refractivity contribution in [1.82, 2.24) is 14.9 Å². The van der Waals surface area contributed by atoms with Crippen molar-refractivity contribution in [3.63, 3.8) is 0 Å². The standard InChI is InChI=1S/C14H25N3O2S/c1-4-5-6-7-8-11-12(18)15-14(16-13(11)19)20-10-9-17(2)3/h4-10H2,1-3H3,(H2,15,16,18,19). The van der Waals surface area contributed by atoms with Gasteiger partial charge in [0.2, 0.25) is 5.88 Å². The smallest absolute Gasteiger partial charge is 0.258 e. The lowest BCUT2D eigenvalue weighted by molar-refractivity contribution is 0.432. The van der Waals surface area contributed by atoms with Gasteiger partial charge in [-0.15, -0.1) is 0 Å². The number of hydrogen-bond acceptors (Lipinski definition) is 5. The molecule has 2 N–H and O–H groups in total. The van der Waals surface area contributed by atoms with Gasteiger partial charge in [0.25, 0.3) is 5.56 Å². The van der Waals surface area contributed by atoms with E-state index < -0.39 is 0 Å². The van der Waals surface area contributed by atoms with Crippen LogP contribution in [-0.2, 0) is 6.42 Å². The van der Waals surface area contributed by atoms with Gasteiger partial charge < -0.3 is 15.0 Å². The Kier molecular flexibility index (Phi) is 7.69. The molecule has 0 fully saturated rings. The van der Waals surface area contributed by atoms with Gasteiger partial charge in [-0.05, 0) is 26.9 Å². The molecule has 0 aliphatic rings. The fraction of sp³-hybridized carbons (Fsp3) is 0.714. The van der Waals surface area contributed by atoms with Crippen molar-refractivity contribution in [1.29, 1.82) is 0 Å². The maximum atomic E-state index is 11.9. The van der Waals surface area contributed by atoms with Crippen LogP contribution in [0.5, 0.6) is 5.88 Å². The molecule has 0 aliphatic carbocycles. The molecule has 0 spiro atoms. The minimum atomic E-state index is -0.207. The highest BCUT2D eigenvalue weighted by atomic mass is 32.2. The summed E-state index contributed by atoms with van der Waals surface area (Å²) in [6, 6.07) is 0. The topological polar surface area (TPSA) is 69.2 Å². The lowest BCUT2D eigenvalue weighted by Gasteiger charge is -2.09. The van der Waals surface area contributed by atoms with Gasteiger partial charge in [0.05, 0.1) is 5.56 Å². The van der Waals surface area contributed by atoms with E-state index in [9.17, 15) is 9.90 Å². The van der Waals surface area contributed by atoms with E-state index in [1.807, 2.05) is 14.1 Å². The molecule has 0 saturated heterocycles. The number of aromatic hydroxyl groups is 1. The molecule has 1 rings (SSSR count). The summed E-state index contributed by atoms with van der Waals surface area (Å²) in [5, 5.41) is 10.4. The average Bonchev–Trinajstić information content (AvgIpc) is 2.36. The largest absolute Gasteiger partial charge is 0.493 e. The Morgan fingerprint density at radius 2 is 2.05 bits per heavy atom. The molecule has 1 heterocycles. The SMILES string of the molecule is CCCCCCc1c(O)nc(SCCN(C)C)[nH]c1=O. The summed E-state index contributed by atoms with van der Waals surface area (Å²) in [6.07, 6.45) is 4.90. The Balaban J connectivity index is 2.59. The van der Waals surface area contributed by atoms with Gasteiger partial charge in [-0.25, -0.2) is 0 Å². The third-order valence-corrected chi connectivity index (χ3v) is 3.88. The van der Waals surface area contributed by atoms with E-state index in [1.54, 1.807) is 0 Å². The third kappa shape index (κ3) is 5.96. The van der Waals surface area contributed by atoms with Crippen molar-refractivity contribution in [2.24, 2.45) is 0 Å². The van der Waals surface area contributed by atoms with Crippen molar-refractivity contribution in [2.45, 2.75) is 44.2 Å². The van der Waals surface area contributed by atoms with Crippen LogP contribution in [0.25, 0.3) is 0 Å². The number of nitrogens with zero attached hydrogens (tertiary/aromatic N) is 2. The fourth-order valence-electron chi connectivity index (χ4n) is 1.81. The van der Waals surface area contributed by atoms with Crippen LogP contribution in [-0.4, -0.2) is 46.4 Å². The van der Waals surface area contributed by atoms with Gasteiger partial charge in [0, 0.05) is 12.3 Å². The van der Waals surface area contributed by atoms with Crippen molar-refractivity contribution >= 4 is 11.8 Å². The molecule has 0 aliphatic heterocycles. The van der Waals surface area contributed by atoms with E-state index in [4.69, 9.17) is 0 Å². The van der Waals surface area contributed by atoms with Crippen molar-refractivity contribution in [2.75, 3.05) is 26.4 Å². The highest BCUT2D eigenvalue weighted by molar-refractivity contribution is 7.99. The van der Waals surface area contributed by atoms with Crippen molar-refractivity contribution in [3.05, 3.63) is 15.9 Å². The predicted octanol–water partition coefficient (Wildman–Crippen LogP) is 2.25. The molecule has 0 saturated carbocycles. The van der Waals surface area contributed by atoms with Gasteiger partial charge in [0.15, 0.2) is 5.16 Å². The molecule has 114 valence electrons. The van der Waals surface area contributed by atoms with Crippen molar-refractivity contribution < 1.29 is 5.11 Å². The number of unbranched alkanes of at least 4 members (excludes halogenated alkanes) is 3. The van der Waals surface area contributed by atoms with E-state index in [0.717, 1.165) is 38.0 Å². The first-order valence-corrected chi connectivity index (χ1v) is 8.12. The lowest BCUT2D eigenvalue weighted by Crippen LogP contribution is -2.17. The Hall–Kier alpha value is -1.01. The highest BCUT2D eigenvalue weighted by Gasteiger charge is 2.10. The highest BCUT2D eigenvalue weighted by Crippen LogP contribution is 2.18. The quantitative estimate of drug-likeness (QED) is 0.416. The summed E-state index contributed by atoms with van der Waals surface area (Å²) < 4.78 is 0. The summed E-state index contributed by atoms with van der Waals surface area (Å²) in [7, 11) is 3.99. The summed E-state index contributed by atoms with van der Waals surface area (Å²) in [5.41, 5.74) is 0.208. The molecule has 0 atom stereocenters. The molecule has 0 radical (unpaired) electrons. The molecule has 6 heteroatoms. The van der Waals surface area contributed by atoms with Crippen LogP contribution in [0.4, 0.5) is 0 Å². The van der Waals surface area contributed by atoms with E-state index in [1.165, 1.54) is 11.8 Å². The second-order valence-corrected chi connectivity index (χ2v) is 6.22. The van der Waals surface area contributed by atoms with Gasteiger partial charge in [-0.1, -0.05) is 37.9 Å². The van der Waals surface area contributed by atoms with Gasteiger partial charge in [-0.2, -0.15) is 4.98 Å². The number of aromatic amines is 1. The Labute approximate surface area is 124 Å². The zero-order valence-corrected chi connectivity index (χ0v) is 13.4. The molecule has 5 nitrogen and oxygen atoms in total. The molecular formula is C14H25N3O2S. The van der Waals surface area contributed by atoms with Crippen LogP contribution in [0.2, 0.25) is 0 Å². The van der Waals surface area contributed by atoms with Crippen LogP contribution in [0.15, 0.2) is 9.95 Å². The summed E-state index contributed by atoms with van der Waals surface area (Å²) in [6.45, 7) is 3.04. The van der Waals surface area contributed by atoms with Gasteiger partial charge >= 0.3 is 0 Å². The minimum Gasteiger partial charge on any atom is -0.493 e. The van der Waals surface area contributed by atoms with E-state index in [2.05, 4.69) is 21.8 Å². The van der Waals surface area contributed by atoms with Gasteiger partial charge in [0.1, 0.15) is 0 Å². The number of H-pyrrole nitrogens is 1. The minimum absolute atomic E-state index is 0.113. The van der Waals surface area contributed by atoms with E-state index in [0.29, 0.717) is 17.1 Å². The first kappa shape index (κ1) is 17.0. The summed E-state index contributed by atoms with van der Waals surface area (Å²) >= 11 is 1.45. The van der Waals surface area contributed by atoms with E-state index in [-0.39, 0.29) is 11.4 Å². The van der Waals surface area contributed by atoms with E-state index >= 15 is 0 Å². The maximum Gasteiger partial charge on any atom is 0.258 e. The zero-order valence-electron chi connectivity index (χ0n) is 12.6. The summed E-state index contributed by atoms with van der Waals surface area (Å²) in [5.74, 6) is 0.711. The maximum absolute atomic E-state index is 11.9. The Morgan fingerprint density at radius 1 is 1.30 bits per heavy atom. The first-order chi connectivity index (χ1) is 9.54. The Bertz CT molecular complexity index is 460. The lowest BCUT2D eigenvalue weighted by atomic mass is 10.1. The normalized spacial score (nSPS) is 11.2. The predicted molar refractivity (Wildman–Crippen MR) is 83.6 cm³/mol. The van der Waals surface area contributed by atoms with Crippen LogP contribution < -0.4 is 5.56 Å². The molecule has 0 aromatic carbocycles. The van der Waals surface area contributed by atoms with Crippen LogP contribution >= 0.6 is 11.8 Å². The van der Waals surface area contributed by atoms with Crippen LogP contribution in [0.1, 0.15) is 38.2 Å². The number of rotatable bonds is 9. The van der Waals surface area contributed by atoms with Gasteiger partial charge in [-0.3, -0.25) is 4.79 Å². The average molecular weight is 299 g/mol. The molecule has 20 heavy (non-hydrogen) atoms. The molecule has 1 aromatic rings. The summed E-state index contributed by atoms with van der Waals surface area (Å²) in [4.78, 5) is 20.8. The Morgan fingerprint density at radius 3 is 2.65 bits per heavy atom. The number of hydrogen-bond donors (Lipinski definition) is 2. The second kappa shape index (κ2) is 9.02. The fourth-order valence-corrected chi connectivity index (χ4v) is 2.78. The molecule has 1 aromatic heterocycles. The van der Waals surface area contributed by atoms with Crippen molar-refractivity contribution in [3.8, 4) is 5.88 Å². The molecule has 0 unspecified atom stereocenters. The second-order valence-electron chi connectivity index (χ2n) is 5.14. The molecule has 0 bridgehead atoms. The number of aromatic nitrogens is 2. The molecule has 0 amide bonds. The number of thioether (sulfide) groups is 1. The third-order valence-electron chi connectivity index (χ3n) is 3.03. The molecular weight excluding hydrogens is 274 g/mol. The van der Waals surface area contributed by atoms with Crippen LogP contribution in [0.3, 0.4) is 0 Å². The number of nitrogens with one attached hydrogen (secondary N) is 1. The first-order valence-electron chi connectivity index (χ1n) is 7.14. The monoisotopic (exact) mass is 299 g/mol.